The van der Waals surface area contributed by atoms with Crippen LogP contribution in [-0.2, 0) is 4.74 Å². The Morgan fingerprint density at radius 1 is 1.14 bits per heavy atom. The van der Waals surface area contributed by atoms with Crippen molar-refractivity contribution >= 4 is 54.2 Å². The first kappa shape index (κ1) is 16.4. The minimum absolute atomic E-state index is 0.0375. The molecule has 1 nitrogen and oxygen atoms in total. The number of rotatable bonds is 2. The molecule has 5 heteroatoms. The molecule has 3 aliphatic rings. The van der Waals surface area contributed by atoms with Gasteiger partial charge < -0.3 is 0 Å². The minimum atomic E-state index is -1.35. The zero-order valence-corrected chi connectivity index (χ0v) is 16.1. The Morgan fingerprint density at radius 2 is 1.81 bits per heavy atom. The maximum atomic E-state index is 6.34. The van der Waals surface area contributed by atoms with Crippen LogP contribution < -0.4 is 4.46 Å². The van der Waals surface area contributed by atoms with E-state index in [1.165, 1.54) is 4.46 Å². The van der Waals surface area contributed by atoms with Crippen LogP contribution in [0.15, 0.2) is 30.3 Å². The molecule has 1 saturated carbocycles. The van der Waals surface area contributed by atoms with Gasteiger partial charge in [0.05, 0.1) is 0 Å². The van der Waals surface area contributed by atoms with Gasteiger partial charge in [-0.05, 0) is 0 Å². The Morgan fingerprint density at radius 3 is 2.43 bits per heavy atom. The van der Waals surface area contributed by atoms with Gasteiger partial charge >= 0.3 is 148 Å². The van der Waals surface area contributed by atoms with Gasteiger partial charge in [0.2, 0.25) is 0 Å². The van der Waals surface area contributed by atoms with E-state index in [-0.39, 0.29) is 17.1 Å². The first-order chi connectivity index (χ1) is 9.73. The Bertz CT molecular complexity index is 518. The molecule has 0 amide bonds. The van der Waals surface area contributed by atoms with Crippen molar-refractivity contribution in [2.75, 3.05) is 0 Å². The molecule has 116 valence electrons. The van der Waals surface area contributed by atoms with Crippen molar-refractivity contribution in [2.24, 2.45) is 5.41 Å². The SMILES string of the molecule is C[C@@]12CC[C@@](C)(OC1C(Cl)(Cl)Cl)[C@H]([Se]c1ccccc1)C2. The fourth-order valence-electron chi connectivity index (χ4n) is 3.51. The number of halogens is 3. The zero-order chi connectivity index (χ0) is 15.3. The third kappa shape index (κ3) is 3.13. The van der Waals surface area contributed by atoms with E-state index in [9.17, 15) is 0 Å². The van der Waals surface area contributed by atoms with E-state index in [0.717, 1.165) is 19.3 Å². The standard InChI is InChI=1S/C16H19Cl3OSe/c1-14-8-9-15(2,20-13(14)16(17,18)19)12(10-14)21-11-6-4-3-5-7-11/h3-7,12-13H,8-10H2,1-2H3/t12-,13?,14+,15-/m1/s1. The van der Waals surface area contributed by atoms with E-state index >= 15 is 0 Å². The van der Waals surface area contributed by atoms with Crippen molar-refractivity contribution in [3.63, 3.8) is 0 Å². The molecule has 2 aliphatic heterocycles. The molecular formula is C16H19Cl3OSe. The van der Waals surface area contributed by atoms with Crippen LogP contribution in [-0.4, -0.2) is 30.5 Å². The molecule has 0 aromatic heterocycles. The van der Waals surface area contributed by atoms with Gasteiger partial charge in [0, 0.05) is 0 Å². The Balaban J connectivity index is 1.84. The molecule has 2 saturated heterocycles. The summed E-state index contributed by atoms with van der Waals surface area (Å²) in [6, 6.07) is 10.7. The summed E-state index contributed by atoms with van der Waals surface area (Å²) in [7, 11) is 0. The Hall–Kier alpha value is 0.569. The summed E-state index contributed by atoms with van der Waals surface area (Å²) in [6.45, 7) is 4.41. The summed E-state index contributed by atoms with van der Waals surface area (Å²) >= 11 is 18.9. The van der Waals surface area contributed by atoms with Crippen LogP contribution >= 0.6 is 34.8 Å². The molecule has 1 unspecified atom stereocenters. The van der Waals surface area contributed by atoms with Gasteiger partial charge in [-0.25, -0.2) is 0 Å². The first-order valence-electron chi connectivity index (χ1n) is 7.19. The van der Waals surface area contributed by atoms with Crippen LogP contribution in [0.5, 0.6) is 0 Å². The van der Waals surface area contributed by atoms with E-state index < -0.39 is 3.79 Å². The van der Waals surface area contributed by atoms with Crippen LogP contribution in [0.2, 0.25) is 4.82 Å². The average molecular weight is 413 g/mol. The number of benzene rings is 1. The van der Waals surface area contributed by atoms with Crippen molar-refractivity contribution in [1.82, 2.24) is 0 Å². The van der Waals surface area contributed by atoms with Crippen LogP contribution in [0.25, 0.3) is 0 Å². The van der Waals surface area contributed by atoms with Crippen molar-refractivity contribution < 1.29 is 4.74 Å². The summed E-state index contributed by atoms with van der Waals surface area (Å²) in [4.78, 5) is 0.537. The molecule has 1 aliphatic carbocycles. The van der Waals surface area contributed by atoms with Gasteiger partial charge in [0.15, 0.2) is 0 Å². The van der Waals surface area contributed by atoms with Crippen molar-refractivity contribution in [3.8, 4) is 0 Å². The number of hydrogen-bond donors (Lipinski definition) is 0. The molecule has 3 fully saturated rings. The molecule has 1 aromatic rings. The van der Waals surface area contributed by atoms with Gasteiger partial charge in [-0.15, -0.1) is 0 Å². The summed E-state index contributed by atoms with van der Waals surface area (Å²) in [5.74, 6) is 0. The zero-order valence-electron chi connectivity index (χ0n) is 12.1. The predicted molar refractivity (Wildman–Crippen MR) is 91.1 cm³/mol. The molecule has 21 heavy (non-hydrogen) atoms. The van der Waals surface area contributed by atoms with Crippen LogP contribution in [0.1, 0.15) is 33.1 Å². The molecule has 2 bridgehead atoms. The summed E-state index contributed by atoms with van der Waals surface area (Å²) in [5, 5.41) is 0. The van der Waals surface area contributed by atoms with Gasteiger partial charge in [-0.1, -0.05) is 0 Å². The Labute approximate surface area is 147 Å². The summed E-state index contributed by atoms with van der Waals surface area (Å²) < 4.78 is 6.42. The molecule has 0 spiro atoms. The Kier molecular flexibility index (Phi) is 4.37. The average Bonchev–Trinajstić information content (AvgIpc) is 2.40. The van der Waals surface area contributed by atoms with Crippen LogP contribution in [0, 0.1) is 5.41 Å². The van der Waals surface area contributed by atoms with Gasteiger partial charge in [-0.2, -0.15) is 0 Å². The van der Waals surface area contributed by atoms with E-state index in [1.54, 1.807) is 0 Å². The van der Waals surface area contributed by atoms with E-state index in [4.69, 9.17) is 39.5 Å². The second-order valence-electron chi connectivity index (χ2n) is 6.63. The van der Waals surface area contributed by atoms with Gasteiger partial charge in [-0.3, -0.25) is 0 Å². The molecule has 4 rings (SSSR count). The maximum absolute atomic E-state index is 6.34. The second-order valence-corrected chi connectivity index (χ2v) is 11.7. The van der Waals surface area contributed by atoms with E-state index in [1.807, 2.05) is 0 Å². The molecule has 1 aromatic carbocycles. The topological polar surface area (TPSA) is 9.23 Å². The van der Waals surface area contributed by atoms with Crippen molar-refractivity contribution in [2.45, 2.75) is 53.4 Å². The molecule has 0 N–H and O–H groups in total. The molecular weight excluding hydrogens is 393 g/mol. The number of ether oxygens (including phenoxy) is 1. The molecule has 4 atom stereocenters. The van der Waals surface area contributed by atoms with Crippen molar-refractivity contribution in [3.05, 3.63) is 30.3 Å². The number of alkyl halides is 3. The van der Waals surface area contributed by atoms with E-state index in [2.05, 4.69) is 44.2 Å². The third-order valence-corrected chi connectivity index (χ3v) is 8.59. The van der Waals surface area contributed by atoms with Crippen LogP contribution in [0.4, 0.5) is 0 Å². The third-order valence-electron chi connectivity index (χ3n) is 4.86. The summed E-state index contributed by atoms with van der Waals surface area (Å²) in [5.41, 5.74) is -0.202. The molecule has 0 radical (unpaired) electrons. The van der Waals surface area contributed by atoms with Crippen molar-refractivity contribution in [1.29, 1.82) is 0 Å². The molecule has 2 heterocycles. The fourth-order valence-corrected chi connectivity index (χ4v) is 7.65. The van der Waals surface area contributed by atoms with Gasteiger partial charge in [0.1, 0.15) is 0 Å². The normalized spacial score (nSPS) is 39.5. The number of fused-ring (bicyclic) bond motifs is 3. The summed E-state index contributed by atoms with van der Waals surface area (Å²) in [6.07, 6.45) is 2.90. The quantitative estimate of drug-likeness (QED) is 0.512. The first-order valence-corrected chi connectivity index (χ1v) is 10.2. The van der Waals surface area contributed by atoms with E-state index in [0.29, 0.717) is 19.8 Å². The number of hydrogen-bond acceptors (Lipinski definition) is 1. The monoisotopic (exact) mass is 412 g/mol. The fraction of sp³-hybridized carbons (Fsp3) is 0.625. The van der Waals surface area contributed by atoms with Gasteiger partial charge in [0.25, 0.3) is 0 Å². The van der Waals surface area contributed by atoms with Crippen LogP contribution in [0.3, 0.4) is 0 Å². The predicted octanol–water partition coefficient (Wildman–Crippen LogP) is 4.52. The second kappa shape index (κ2) is 5.58.